The van der Waals surface area contributed by atoms with Crippen LogP contribution in [0.15, 0.2) is 24.3 Å². The molecule has 0 radical (unpaired) electrons. The van der Waals surface area contributed by atoms with Gasteiger partial charge >= 0.3 is 0 Å². The van der Waals surface area contributed by atoms with Crippen molar-refractivity contribution in [3.8, 4) is 11.4 Å². The molecule has 0 aliphatic carbocycles. The van der Waals surface area contributed by atoms with E-state index >= 15 is 0 Å². The van der Waals surface area contributed by atoms with E-state index < -0.39 is 0 Å². The molecule has 0 aliphatic rings. The van der Waals surface area contributed by atoms with E-state index in [0.717, 1.165) is 17.2 Å². The molecular formula is C14H20N4. The van der Waals surface area contributed by atoms with Gasteiger partial charge in [-0.15, -0.1) is 10.2 Å². The van der Waals surface area contributed by atoms with E-state index in [0.29, 0.717) is 6.54 Å². The van der Waals surface area contributed by atoms with Gasteiger partial charge in [0.25, 0.3) is 0 Å². The van der Waals surface area contributed by atoms with Crippen LogP contribution in [-0.4, -0.2) is 14.8 Å². The minimum atomic E-state index is 0.167. The lowest BCUT2D eigenvalue weighted by atomic mass is 9.87. The van der Waals surface area contributed by atoms with E-state index in [1.165, 1.54) is 5.56 Å². The minimum Gasteiger partial charge on any atom is -0.324 e. The minimum absolute atomic E-state index is 0.167. The Labute approximate surface area is 108 Å². The summed E-state index contributed by atoms with van der Waals surface area (Å²) in [6, 6.07) is 8.47. The molecule has 2 N–H and O–H groups in total. The molecule has 18 heavy (non-hydrogen) atoms. The Morgan fingerprint density at radius 2 is 1.72 bits per heavy atom. The Morgan fingerprint density at radius 1 is 1.11 bits per heavy atom. The molecule has 0 unspecified atom stereocenters. The lowest BCUT2D eigenvalue weighted by molar-refractivity contribution is 0.590. The Morgan fingerprint density at radius 3 is 2.17 bits per heavy atom. The van der Waals surface area contributed by atoms with E-state index in [2.05, 4.69) is 55.2 Å². The average molecular weight is 244 g/mol. The SMILES string of the molecule is Cn1c(CN)nnc1-c1ccc(C(C)(C)C)cc1. The fraction of sp³-hybridized carbons (Fsp3) is 0.429. The molecule has 96 valence electrons. The summed E-state index contributed by atoms with van der Waals surface area (Å²) in [5.74, 6) is 1.65. The van der Waals surface area contributed by atoms with E-state index in [1.54, 1.807) is 0 Å². The topological polar surface area (TPSA) is 56.7 Å². The van der Waals surface area contributed by atoms with Crippen LogP contribution in [0.2, 0.25) is 0 Å². The quantitative estimate of drug-likeness (QED) is 0.881. The van der Waals surface area contributed by atoms with Gasteiger partial charge in [-0.05, 0) is 11.0 Å². The maximum atomic E-state index is 5.60. The Hall–Kier alpha value is -1.68. The third kappa shape index (κ3) is 2.29. The van der Waals surface area contributed by atoms with Gasteiger partial charge in [0.2, 0.25) is 0 Å². The van der Waals surface area contributed by atoms with Gasteiger partial charge in [0.1, 0.15) is 5.82 Å². The lowest BCUT2D eigenvalue weighted by Gasteiger charge is -2.19. The summed E-state index contributed by atoms with van der Waals surface area (Å²) in [4.78, 5) is 0. The standard InChI is InChI=1S/C14H20N4/c1-14(2,3)11-7-5-10(6-8-11)13-17-16-12(9-15)18(13)4/h5-8H,9,15H2,1-4H3. The second-order valence-electron chi connectivity index (χ2n) is 5.53. The van der Waals surface area contributed by atoms with E-state index in [1.807, 2.05) is 11.6 Å². The maximum Gasteiger partial charge on any atom is 0.163 e. The average Bonchev–Trinajstić information content (AvgIpc) is 2.69. The predicted molar refractivity (Wildman–Crippen MR) is 73.0 cm³/mol. The maximum absolute atomic E-state index is 5.60. The van der Waals surface area contributed by atoms with Crippen molar-refractivity contribution in [1.82, 2.24) is 14.8 Å². The van der Waals surface area contributed by atoms with Crippen molar-refractivity contribution in [3.63, 3.8) is 0 Å². The third-order valence-electron chi connectivity index (χ3n) is 3.16. The highest BCUT2D eigenvalue weighted by Gasteiger charge is 2.14. The molecule has 1 aromatic heterocycles. The van der Waals surface area contributed by atoms with Crippen molar-refractivity contribution in [2.75, 3.05) is 0 Å². The van der Waals surface area contributed by atoms with Crippen LogP contribution in [0.5, 0.6) is 0 Å². The highest BCUT2D eigenvalue weighted by molar-refractivity contribution is 5.56. The molecular weight excluding hydrogens is 224 g/mol. The zero-order chi connectivity index (χ0) is 13.3. The van der Waals surface area contributed by atoms with Crippen LogP contribution in [0.3, 0.4) is 0 Å². The molecule has 4 heteroatoms. The van der Waals surface area contributed by atoms with Crippen molar-refractivity contribution in [3.05, 3.63) is 35.7 Å². The van der Waals surface area contributed by atoms with Gasteiger partial charge in [0.15, 0.2) is 5.82 Å². The molecule has 0 amide bonds. The fourth-order valence-electron chi connectivity index (χ4n) is 1.91. The summed E-state index contributed by atoms with van der Waals surface area (Å²) in [5.41, 5.74) is 8.15. The van der Waals surface area contributed by atoms with Gasteiger partial charge in [0, 0.05) is 12.6 Å². The first-order chi connectivity index (χ1) is 8.43. The fourth-order valence-corrected chi connectivity index (χ4v) is 1.91. The summed E-state index contributed by atoms with van der Waals surface area (Å²) in [7, 11) is 1.94. The first kappa shape index (κ1) is 12.8. The van der Waals surface area contributed by atoms with Crippen LogP contribution < -0.4 is 5.73 Å². The van der Waals surface area contributed by atoms with Gasteiger partial charge in [-0.25, -0.2) is 0 Å². The Kier molecular flexibility index (Phi) is 3.22. The van der Waals surface area contributed by atoms with E-state index in [9.17, 15) is 0 Å². The Balaban J connectivity index is 2.37. The number of hydrogen-bond donors (Lipinski definition) is 1. The largest absolute Gasteiger partial charge is 0.324 e. The van der Waals surface area contributed by atoms with Crippen LogP contribution in [0.25, 0.3) is 11.4 Å². The second-order valence-corrected chi connectivity index (χ2v) is 5.53. The lowest BCUT2D eigenvalue weighted by Crippen LogP contribution is -2.10. The second kappa shape index (κ2) is 4.53. The number of nitrogens with zero attached hydrogens (tertiary/aromatic N) is 3. The van der Waals surface area contributed by atoms with Gasteiger partial charge in [-0.3, -0.25) is 0 Å². The molecule has 0 saturated carbocycles. The molecule has 0 saturated heterocycles. The van der Waals surface area contributed by atoms with Crippen molar-refractivity contribution >= 4 is 0 Å². The number of hydrogen-bond acceptors (Lipinski definition) is 3. The molecule has 1 heterocycles. The zero-order valence-electron chi connectivity index (χ0n) is 11.4. The molecule has 0 bridgehead atoms. The van der Waals surface area contributed by atoms with Crippen molar-refractivity contribution in [1.29, 1.82) is 0 Å². The third-order valence-corrected chi connectivity index (χ3v) is 3.16. The number of nitrogens with two attached hydrogens (primary N) is 1. The highest BCUT2D eigenvalue weighted by atomic mass is 15.3. The van der Waals surface area contributed by atoms with Gasteiger partial charge in [-0.1, -0.05) is 45.0 Å². The van der Waals surface area contributed by atoms with Crippen molar-refractivity contribution in [2.45, 2.75) is 32.7 Å². The molecule has 0 atom stereocenters. The molecule has 4 nitrogen and oxygen atoms in total. The molecule has 2 rings (SSSR count). The van der Waals surface area contributed by atoms with Gasteiger partial charge < -0.3 is 10.3 Å². The normalized spacial score (nSPS) is 11.8. The van der Waals surface area contributed by atoms with Crippen LogP contribution >= 0.6 is 0 Å². The van der Waals surface area contributed by atoms with Crippen LogP contribution in [0.1, 0.15) is 32.2 Å². The zero-order valence-corrected chi connectivity index (χ0v) is 11.4. The molecule has 0 spiro atoms. The van der Waals surface area contributed by atoms with Crippen LogP contribution in [0, 0.1) is 0 Å². The van der Waals surface area contributed by atoms with Crippen LogP contribution in [0.4, 0.5) is 0 Å². The van der Waals surface area contributed by atoms with Gasteiger partial charge in [0.05, 0.1) is 6.54 Å². The summed E-state index contributed by atoms with van der Waals surface area (Å²) in [6.07, 6.45) is 0. The monoisotopic (exact) mass is 244 g/mol. The summed E-state index contributed by atoms with van der Waals surface area (Å²) in [6.45, 7) is 7.02. The Bertz CT molecular complexity index is 532. The number of aromatic nitrogens is 3. The van der Waals surface area contributed by atoms with E-state index in [-0.39, 0.29) is 5.41 Å². The van der Waals surface area contributed by atoms with Crippen molar-refractivity contribution in [2.24, 2.45) is 12.8 Å². The van der Waals surface area contributed by atoms with E-state index in [4.69, 9.17) is 5.73 Å². The van der Waals surface area contributed by atoms with Gasteiger partial charge in [-0.2, -0.15) is 0 Å². The summed E-state index contributed by atoms with van der Waals surface area (Å²) >= 11 is 0. The van der Waals surface area contributed by atoms with Crippen molar-refractivity contribution < 1.29 is 0 Å². The number of benzene rings is 1. The first-order valence-corrected chi connectivity index (χ1v) is 6.12. The molecule has 0 aliphatic heterocycles. The highest BCUT2D eigenvalue weighted by Crippen LogP contribution is 2.25. The molecule has 2 aromatic rings. The first-order valence-electron chi connectivity index (χ1n) is 6.12. The smallest absolute Gasteiger partial charge is 0.163 e. The number of rotatable bonds is 2. The summed E-state index contributed by atoms with van der Waals surface area (Å²) in [5, 5.41) is 8.25. The molecule has 0 fully saturated rings. The summed E-state index contributed by atoms with van der Waals surface area (Å²) < 4.78 is 1.94. The predicted octanol–water partition coefficient (Wildman–Crippen LogP) is 2.24. The molecule has 1 aromatic carbocycles. The van der Waals surface area contributed by atoms with Crippen LogP contribution in [-0.2, 0) is 19.0 Å².